The summed E-state index contributed by atoms with van der Waals surface area (Å²) in [5.74, 6) is -13.8. The van der Waals surface area contributed by atoms with Crippen LogP contribution in [0.5, 0.6) is 17.2 Å². The molecule has 3 amide bonds. The minimum atomic E-state index is -2.35. The number of methoxy groups -OCH3 is 2. The third-order valence-corrected chi connectivity index (χ3v) is 8.69. The zero-order valence-corrected chi connectivity index (χ0v) is 37.0. The zero-order valence-electron chi connectivity index (χ0n) is 37.0. The second kappa shape index (κ2) is 24.1. The van der Waals surface area contributed by atoms with Gasteiger partial charge in [0.15, 0.2) is 5.69 Å². The van der Waals surface area contributed by atoms with Gasteiger partial charge in [-0.15, -0.1) is 0 Å². The number of carbonyl (C=O) groups is 4. The number of amides is 3. The highest BCUT2D eigenvalue weighted by Gasteiger charge is 2.32. The van der Waals surface area contributed by atoms with Crippen LogP contribution in [-0.4, -0.2) is 74.9 Å². The maximum absolute atomic E-state index is 13.2. The quantitative estimate of drug-likeness (QED) is 0.0343. The molecule has 14 nitrogen and oxygen atoms in total. The van der Waals surface area contributed by atoms with Crippen molar-refractivity contribution in [1.82, 2.24) is 35.7 Å². The molecule has 2 aromatic heterocycles. The minimum Gasteiger partial charge on any atom is -0.496 e. The number of rotatable bonds is 10. The molecule has 0 aliphatic heterocycles. The van der Waals surface area contributed by atoms with Gasteiger partial charge in [0.1, 0.15) is 17.2 Å². The lowest BCUT2D eigenvalue weighted by molar-refractivity contribution is 0.0353. The van der Waals surface area contributed by atoms with Crippen molar-refractivity contribution in [3.8, 4) is 17.2 Å². The van der Waals surface area contributed by atoms with E-state index in [4.69, 9.17) is 9.47 Å². The Morgan fingerprint density at radius 2 is 1.09 bits per heavy atom. The Morgan fingerprint density at radius 3 is 1.49 bits per heavy atom. The van der Waals surface area contributed by atoms with E-state index in [0.717, 1.165) is 35.7 Å². The van der Waals surface area contributed by atoms with Gasteiger partial charge in [0, 0.05) is 53.6 Å². The number of nitrogens with one attached hydrogen (secondary N) is 2. The first kappa shape index (κ1) is 54.1. The molecule has 65 heavy (non-hydrogen) atoms. The van der Waals surface area contributed by atoms with Gasteiger partial charge in [-0.1, -0.05) is 54.2 Å². The topological polar surface area (TPSA) is 175 Å². The number of carbonyl (C=O) groups excluding carboxylic acids is 4. The fourth-order valence-electron chi connectivity index (χ4n) is 5.54. The van der Waals surface area contributed by atoms with E-state index in [1.807, 2.05) is 58.9 Å². The molecule has 0 radical (unpaired) electrons. The second-order valence-corrected chi connectivity index (χ2v) is 15.6. The van der Waals surface area contributed by atoms with Gasteiger partial charge in [-0.25, -0.2) is 32.9 Å². The molecule has 0 spiro atoms. The smallest absolute Gasteiger partial charge is 0.364 e. The highest BCUT2D eigenvalue weighted by Crippen LogP contribution is 2.30. The first-order valence-corrected chi connectivity index (χ1v) is 19.6. The van der Waals surface area contributed by atoms with Crippen LogP contribution < -0.4 is 25.0 Å². The van der Waals surface area contributed by atoms with Crippen molar-refractivity contribution in [3.05, 3.63) is 136 Å². The van der Waals surface area contributed by atoms with Gasteiger partial charge in [0.05, 0.1) is 32.2 Å². The van der Waals surface area contributed by atoms with E-state index >= 15 is 0 Å². The van der Waals surface area contributed by atoms with Crippen LogP contribution in [0.25, 0.3) is 0 Å². The lowest BCUT2D eigenvalue weighted by atomic mass is 9.96. The predicted molar refractivity (Wildman–Crippen MR) is 232 cm³/mol. The number of aromatic nitrogens is 4. The van der Waals surface area contributed by atoms with Gasteiger partial charge >= 0.3 is 5.97 Å². The molecular formula is C46H54F5N7O7. The number of hydrazine groups is 1. The molecule has 0 saturated carbocycles. The average molecular weight is 912 g/mol. The summed E-state index contributed by atoms with van der Waals surface area (Å²) in [6.07, 6.45) is 8.88. The molecule has 0 bridgehead atoms. The Bertz CT molecular complexity index is 2390. The molecule has 5 aromatic rings. The zero-order chi connectivity index (χ0) is 47.9. The molecular weight excluding hydrogens is 858 g/mol. The van der Waals surface area contributed by atoms with Gasteiger partial charge in [-0.3, -0.25) is 29.8 Å². The van der Waals surface area contributed by atoms with Crippen molar-refractivity contribution < 1.29 is 55.3 Å². The lowest BCUT2D eigenvalue weighted by Gasteiger charge is -2.35. The number of halogens is 5. The Balaban J connectivity index is 0.000000339. The van der Waals surface area contributed by atoms with E-state index in [2.05, 4.69) is 56.2 Å². The number of esters is 1. The summed E-state index contributed by atoms with van der Waals surface area (Å²) in [6, 6.07) is 10.9. The third-order valence-electron chi connectivity index (χ3n) is 8.69. The van der Waals surface area contributed by atoms with Gasteiger partial charge in [0.25, 0.3) is 17.7 Å². The van der Waals surface area contributed by atoms with E-state index in [0.29, 0.717) is 29.8 Å². The molecule has 0 aliphatic carbocycles. The van der Waals surface area contributed by atoms with Crippen molar-refractivity contribution in [2.45, 2.75) is 81.2 Å². The number of hydrogen-bond donors (Lipinski definition) is 2. The van der Waals surface area contributed by atoms with Crippen molar-refractivity contribution >= 4 is 23.7 Å². The summed E-state index contributed by atoms with van der Waals surface area (Å²) in [5.41, 5.74) is 4.77. The number of hydrogen-bond acceptors (Lipinski definition) is 11. The maximum Gasteiger partial charge on any atom is 0.364 e. The van der Waals surface area contributed by atoms with E-state index in [1.54, 1.807) is 26.4 Å². The fraction of sp³-hybridized carbons (Fsp3) is 0.348. The summed E-state index contributed by atoms with van der Waals surface area (Å²) in [4.78, 5) is 64.2. The second-order valence-electron chi connectivity index (χ2n) is 15.6. The summed E-state index contributed by atoms with van der Waals surface area (Å²) in [5, 5.41) is 4.25. The Morgan fingerprint density at radius 1 is 0.646 bits per heavy atom. The number of benzene rings is 3. The molecule has 2 heterocycles. The first-order chi connectivity index (χ1) is 30.1. The van der Waals surface area contributed by atoms with Crippen LogP contribution in [0.2, 0.25) is 0 Å². The van der Waals surface area contributed by atoms with Crippen LogP contribution in [0.4, 0.5) is 22.0 Å². The Hall–Kier alpha value is -7.05. The summed E-state index contributed by atoms with van der Waals surface area (Å²) < 4.78 is 79.8. The number of ether oxygens (including phenoxy) is 3. The normalized spacial score (nSPS) is 10.7. The van der Waals surface area contributed by atoms with Crippen molar-refractivity contribution in [2.75, 3.05) is 20.8 Å². The highest BCUT2D eigenvalue weighted by atomic mass is 19.2. The molecule has 0 atom stereocenters. The van der Waals surface area contributed by atoms with Crippen molar-refractivity contribution in [3.63, 3.8) is 0 Å². The van der Waals surface area contributed by atoms with Gasteiger partial charge in [0.2, 0.25) is 34.8 Å². The molecule has 0 fully saturated rings. The maximum atomic E-state index is 13.2. The first-order valence-electron chi connectivity index (χ1n) is 19.6. The van der Waals surface area contributed by atoms with E-state index in [-0.39, 0.29) is 30.3 Å². The van der Waals surface area contributed by atoms with Gasteiger partial charge in [-0.05, 0) is 63.3 Å². The van der Waals surface area contributed by atoms with E-state index in [1.165, 1.54) is 29.8 Å². The average Bonchev–Trinajstić information content (AvgIpc) is 3.29. The summed E-state index contributed by atoms with van der Waals surface area (Å²) in [7, 11) is 3.20. The minimum absolute atomic E-state index is 0. The van der Waals surface area contributed by atoms with Crippen LogP contribution in [0.1, 0.15) is 116 Å². The molecule has 0 saturated heterocycles. The van der Waals surface area contributed by atoms with Gasteiger partial charge < -0.3 is 19.5 Å². The molecule has 350 valence electrons. The molecule has 2 N–H and O–H groups in total. The largest absolute Gasteiger partial charge is 0.496 e. The molecule has 3 aromatic carbocycles. The SMILES string of the molecule is C.CCc1c(OC)cccc1C(=O)NCC(C)(C)C.CCc1c(OC)cccc1C(=O)NN(C(=O)c1cnccn1)C(C)(C)C.O=C(Oc1c(F)c(F)c(F)c(F)c1F)c1cnccn1. The summed E-state index contributed by atoms with van der Waals surface area (Å²) in [6.45, 7) is 16.4. The fourth-order valence-corrected chi connectivity index (χ4v) is 5.54. The Labute approximate surface area is 374 Å². The van der Waals surface area contributed by atoms with Crippen LogP contribution in [0, 0.1) is 34.5 Å². The molecule has 0 aliphatic rings. The summed E-state index contributed by atoms with van der Waals surface area (Å²) >= 11 is 0. The highest BCUT2D eigenvalue weighted by molar-refractivity contribution is 6.00. The predicted octanol–water partition coefficient (Wildman–Crippen LogP) is 8.69. The van der Waals surface area contributed by atoms with Crippen LogP contribution in [0.3, 0.4) is 0 Å². The van der Waals surface area contributed by atoms with Crippen molar-refractivity contribution in [1.29, 1.82) is 0 Å². The lowest BCUT2D eigenvalue weighted by Crippen LogP contribution is -2.56. The standard InChI is InChI=1S/C19H24N4O3.C15H23NO2.C11H3F5N2O2.CH4/c1-6-13-14(8-7-9-16(13)26-5)17(24)22-23(19(2,3)4)18(25)15-12-20-10-11-21-15;1-6-11-12(8-7-9-13(11)18-5)14(17)16-10-15(2,3)4;12-5-6(13)8(15)10(9(16)7(5)14)20-11(19)4-3-17-1-2-18-4;/h7-12H,6H2,1-5H3,(H,22,24);7-9H,6,10H2,1-5H3,(H,16,17);1-3H;1H4. The van der Waals surface area contributed by atoms with E-state index < -0.39 is 57.9 Å². The molecule has 0 unspecified atom stereocenters. The van der Waals surface area contributed by atoms with Crippen LogP contribution in [0.15, 0.2) is 73.6 Å². The third kappa shape index (κ3) is 14.5. The van der Waals surface area contributed by atoms with E-state index in [9.17, 15) is 41.1 Å². The van der Waals surface area contributed by atoms with Crippen LogP contribution >= 0.6 is 0 Å². The number of nitrogens with zero attached hydrogens (tertiary/aromatic N) is 5. The molecule has 19 heteroatoms. The monoisotopic (exact) mass is 911 g/mol. The molecule has 5 rings (SSSR count). The van der Waals surface area contributed by atoms with Crippen LogP contribution in [-0.2, 0) is 12.8 Å². The Kier molecular flexibility index (Phi) is 20.1. The van der Waals surface area contributed by atoms with Gasteiger partial charge in [-0.2, -0.15) is 8.78 Å². The van der Waals surface area contributed by atoms with Crippen molar-refractivity contribution in [2.24, 2.45) is 5.41 Å².